The second-order valence-corrected chi connectivity index (χ2v) is 4.20. The zero-order chi connectivity index (χ0) is 12.5. The van der Waals surface area contributed by atoms with E-state index in [-0.39, 0.29) is 6.61 Å². The van der Waals surface area contributed by atoms with Crippen molar-refractivity contribution in [3.8, 4) is 5.75 Å². The maximum absolute atomic E-state index is 8.59. The van der Waals surface area contributed by atoms with Gasteiger partial charge in [-0.2, -0.15) is 0 Å². The van der Waals surface area contributed by atoms with Gasteiger partial charge in [0.05, 0.1) is 6.61 Å². The van der Waals surface area contributed by atoms with E-state index in [1.165, 1.54) is 5.56 Å². The summed E-state index contributed by atoms with van der Waals surface area (Å²) < 4.78 is 5.58. The first-order valence-corrected chi connectivity index (χ1v) is 6.32. The third-order valence-corrected chi connectivity index (χ3v) is 2.90. The Morgan fingerprint density at radius 3 is 2.53 bits per heavy atom. The second kappa shape index (κ2) is 8.09. The summed E-state index contributed by atoms with van der Waals surface area (Å²) in [5, 5.41) is 11.7. The minimum atomic E-state index is 0.170. The first-order valence-electron chi connectivity index (χ1n) is 6.32. The molecule has 1 rings (SSSR count). The molecule has 0 saturated heterocycles. The average molecular weight is 237 g/mol. The highest BCUT2D eigenvalue weighted by molar-refractivity contribution is 5.29. The zero-order valence-electron chi connectivity index (χ0n) is 10.8. The van der Waals surface area contributed by atoms with Gasteiger partial charge in [0, 0.05) is 13.1 Å². The fourth-order valence-electron chi connectivity index (χ4n) is 1.57. The Morgan fingerprint density at radius 1 is 1.24 bits per heavy atom. The van der Waals surface area contributed by atoms with E-state index in [0.29, 0.717) is 19.1 Å². The third-order valence-electron chi connectivity index (χ3n) is 2.90. The largest absolute Gasteiger partial charge is 0.492 e. The maximum atomic E-state index is 8.59. The van der Waals surface area contributed by atoms with E-state index in [1.54, 1.807) is 0 Å². The van der Waals surface area contributed by atoms with Gasteiger partial charge in [-0.05, 0) is 30.0 Å². The molecule has 0 saturated carbocycles. The standard InChI is InChI=1S/C14H23NO2/c1-3-12(2)13-4-6-14(7-5-13)17-11-9-15-8-10-16/h4-7,12,15-16H,3,8-11H2,1-2H3. The van der Waals surface area contributed by atoms with Crippen LogP contribution in [0.4, 0.5) is 0 Å². The fourth-order valence-corrected chi connectivity index (χ4v) is 1.57. The molecular formula is C14H23NO2. The quantitative estimate of drug-likeness (QED) is 0.681. The highest BCUT2D eigenvalue weighted by Crippen LogP contribution is 2.21. The molecule has 0 radical (unpaired) electrons. The van der Waals surface area contributed by atoms with E-state index in [0.717, 1.165) is 18.7 Å². The van der Waals surface area contributed by atoms with Gasteiger partial charge in [-0.3, -0.25) is 0 Å². The van der Waals surface area contributed by atoms with Gasteiger partial charge in [0.1, 0.15) is 12.4 Å². The van der Waals surface area contributed by atoms with Crippen LogP contribution in [0.5, 0.6) is 5.75 Å². The van der Waals surface area contributed by atoms with Crippen LogP contribution in [-0.4, -0.2) is 31.4 Å². The average Bonchev–Trinajstić information content (AvgIpc) is 2.38. The molecule has 3 heteroatoms. The van der Waals surface area contributed by atoms with Crippen LogP contribution in [-0.2, 0) is 0 Å². The lowest BCUT2D eigenvalue weighted by atomic mass is 9.99. The first-order chi connectivity index (χ1) is 8.27. The topological polar surface area (TPSA) is 41.5 Å². The molecule has 1 aromatic carbocycles. The summed E-state index contributed by atoms with van der Waals surface area (Å²) in [7, 11) is 0. The molecule has 2 N–H and O–H groups in total. The number of nitrogens with one attached hydrogen (secondary N) is 1. The number of benzene rings is 1. The fraction of sp³-hybridized carbons (Fsp3) is 0.571. The van der Waals surface area contributed by atoms with Crippen LogP contribution in [0.1, 0.15) is 31.7 Å². The van der Waals surface area contributed by atoms with Crippen LogP contribution >= 0.6 is 0 Å². The Hall–Kier alpha value is -1.06. The summed E-state index contributed by atoms with van der Waals surface area (Å²) >= 11 is 0. The Labute approximate surface area is 104 Å². The molecule has 0 aliphatic rings. The van der Waals surface area contributed by atoms with E-state index < -0.39 is 0 Å². The van der Waals surface area contributed by atoms with Gasteiger partial charge < -0.3 is 15.2 Å². The second-order valence-electron chi connectivity index (χ2n) is 4.20. The normalized spacial score (nSPS) is 12.4. The number of aliphatic hydroxyl groups excluding tert-OH is 1. The smallest absolute Gasteiger partial charge is 0.119 e. The molecule has 1 aromatic rings. The highest BCUT2D eigenvalue weighted by Gasteiger charge is 2.02. The van der Waals surface area contributed by atoms with Crippen molar-refractivity contribution in [3.63, 3.8) is 0 Å². The molecule has 0 aromatic heterocycles. The summed E-state index contributed by atoms with van der Waals surface area (Å²) in [4.78, 5) is 0. The van der Waals surface area contributed by atoms with E-state index in [1.807, 2.05) is 12.1 Å². The van der Waals surface area contributed by atoms with Gasteiger partial charge in [0.15, 0.2) is 0 Å². The zero-order valence-corrected chi connectivity index (χ0v) is 10.8. The van der Waals surface area contributed by atoms with Crippen LogP contribution in [0.3, 0.4) is 0 Å². The minimum Gasteiger partial charge on any atom is -0.492 e. The van der Waals surface area contributed by atoms with Gasteiger partial charge in [-0.1, -0.05) is 26.0 Å². The predicted octanol–water partition coefficient (Wildman–Crippen LogP) is 2.16. The number of hydrogen-bond acceptors (Lipinski definition) is 3. The van der Waals surface area contributed by atoms with E-state index >= 15 is 0 Å². The molecule has 0 fully saturated rings. The summed E-state index contributed by atoms with van der Waals surface area (Å²) in [6.45, 7) is 6.60. The maximum Gasteiger partial charge on any atom is 0.119 e. The van der Waals surface area contributed by atoms with Crippen LogP contribution in [0, 0.1) is 0 Å². The Kier molecular flexibility index (Phi) is 6.67. The van der Waals surface area contributed by atoms with Crippen LogP contribution in [0.25, 0.3) is 0 Å². The monoisotopic (exact) mass is 237 g/mol. The number of aliphatic hydroxyl groups is 1. The molecule has 96 valence electrons. The predicted molar refractivity (Wildman–Crippen MR) is 70.6 cm³/mol. The van der Waals surface area contributed by atoms with Crippen molar-refractivity contribution in [1.29, 1.82) is 0 Å². The van der Waals surface area contributed by atoms with Crippen molar-refractivity contribution < 1.29 is 9.84 Å². The number of rotatable bonds is 8. The molecule has 0 spiro atoms. The summed E-state index contributed by atoms with van der Waals surface area (Å²) in [5.41, 5.74) is 1.36. The Morgan fingerprint density at radius 2 is 1.94 bits per heavy atom. The van der Waals surface area contributed by atoms with Gasteiger partial charge in [-0.15, -0.1) is 0 Å². The minimum absolute atomic E-state index is 0.170. The van der Waals surface area contributed by atoms with Crippen molar-refractivity contribution in [2.45, 2.75) is 26.2 Å². The molecular weight excluding hydrogens is 214 g/mol. The molecule has 0 bridgehead atoms. The lowest BCUT2D eigenvalue weighted by Gasteiger charge is -2.11. The van der Waals surface area contributed by atoms with Crippen LogP contribution < -0.4 is 10.1 Å². The lowest BCUT2D eigenvalue weighted by Crippen LogP contribution is -2.23. The van der Waals surface area contributed by atoms with Gasteiger partial charge in [0.2, 0.25) is 0 Å². The molecule has 17 heavy (non-hydrogen) atoms. The van der Waals surface area contributed by atoms with Gasteiger partial charge in [-0.25, -0.2) is 0 Å². The molecule has 3 nitrogen and oxygen atoms in total. The van der Waals surface area contributed by atoms with Crippen molar-refractivity contribution >= 4 is 0 Å². The third kappa shape index (κ3) is 5.20. The molecule has 1 unspecified atom stereocenters. The number of ether oxygens (including phenoxy) is 1. The van der Waals surface area contributed by atoms with Crippen molar-refractivity contribution in [1.82, 2.24) is 5.32 Å². The Bertz CT molecular complexity index is 298. The van der Waals surface area contributed by atoms with Gasteiger partial charge in [0.25, 0.3) is 0 Å². The van der Waals surface area contributed by atoms with Crippen LogP contribution in [0.15, 0.2) is 24.3 Å². The molecule has 0 heterocycles. The van der Waals surface area contributed by atoms with E-state index in [2.05, 4.69) is 31.3 Å². The lowest BCUT2D eigenvalue weighted by molar-refractivity contribution is 0.276. The molecule has 0 aliphatic heterocycles. The van der Waals surface area contributed by atoms with Crippen LogP contribution in [0.2, 0.25) is 0 Å². The first kappa shape index (κ1) is 14.0. The van der Waals surface area contributed by atoms with Crippen molar-refractivity contribution in [3.05, 3.63) is 29.8 Å². The summed E-state index contributed by atoms with van der Waals surface area (Å²) in [6.07, 6.45) is 1.16. The summed E-state index contributed by atoms with van der Waals surface area (Å²) in [6, 6.07) is 8.30. The van der Waals surface area contributed by atoms with Crippen molar-refractivity contribution in [2.75, 3.05) is 26.3 Å². The Balaban J connectivity index is 2.30. The van der Waals surface area contributed by atoms with Crippen molar-refractivity contribution in [2.24, 2.45) is 0 Å². The molecule has 1 atom stereocenters. The summed E-state index contributed by atoms with van der Waals surface area (Å²) in [5.74, 6) is 1.51. The van der Waals surface area contributed by atoms with Gasteiger partial charge >= 0.3 is 0 Å². The number of hydrogen-bond donors (Lipinski definition) is 2. The molecule has 0 aliphatic carbocycles. The highest BCUT2D eigenvalue weighted by atomic mass is 16.5. The van der Waals surface area contributed by atoms with E-state index in [4.69, 9.17) is 9.84 Å². The SMILES string of the molecule is CCC(C)c1ccc(OCCNCCO)cc1. The van der Waals surface area contributed by atoms with E-state index in [9.17, 15) is 0 Å². The molecule has 0 amide bonds.